The van der Waals surface area contributed by atoms with Crippen molar-refractivity contribution >= 4 is 17.6 Å². The minimum absolute atomic E-state index is 0.0632. The number of aromatic nitrogens is 1. The Hall–Kier alpha value is -3.88. The molecule has 1 amide bonds. The lowest BCUT2D eigenvalue weighted by Crippen LogP contribution is -2.31. The number of esters is 1. The number of hydrazone groups is 1. The minimum atomic E-state index is -0.767. The molecule has 1 aliphatic heterocycles. The van der Waals surface area contributed by atoms with Gasteiger partial charge in [-0.3, -0.25) is 4.79 Å². The Labute approximate surface area is 171 Å². The van der Waals surface area contributed by atoms with Crippen LogP contribution in [-0.4, -0.2) is 41.5 Å². The summed E-state index contributed by atoms with van der Waals surface area (Å²) in [4.78, 5) is 24.8. The first-order valence-corrected chi connectivity index (χ1v) is 9.23. The molecule has 3 aromatic rings. The molecule has 1 unspecified atom stereocenters. The summed E-state index contributed by atoms with van der Waals surface area (Å²) in [5, 5.41) is 9.40. The molecule has 9 nitrogen and oxygen atoms in total. The molecule has 2 aromatic heterocycles. The van der Waals surface area contributed by atoms with Crippen LogP contribution < -0.4 is 4.74 Å². The van der Waals surface area contributed by atoms with E-state index in [0.29, 0.717) is 23.6 Å². The van der Waals surface area contributed by atoms with Crippen LogP contribution in [0.2, 0.25) is 0 Å². The Balaban J connectivity index is 1.51. The average Bonchev–Trinajstić information content (AvgIpc) is 3.51. The third kappa shape index (κ3) is 3.95. The zero-order chi connectivity index (χ0) is 21.1. The van der Waals surface area contributed by atoms with Crippen LogP contribution in [0.3, 0.4) is 0 Å². The van der Waals surface area contributed by atoms with E-state index in [1.807, 2.05) is 24.3 Å². The molecule has 9 heteroatoms. The fourth-order valence-electron chi connectivity index (χ4n) is 3.13. The second kappa shape index (κ2) is 8.24. The van der Waals surface area contributed by atoms with Crippen LogP contribution in [0.25, 0.3) is 0 Å². The zero-order valence-corrected chi connectivity index (χ0v) is 16.4. The molecule has 0 spiro atoms. The molecule has 1 atom stereocenters. The molecule has 0 fully saturated rings. The topological polar surface area (TPSA) is 107 Å². The number of rotatable bonds is 6. The summed E-state index contributed by atoms with van der Waals surface area (Å²) in [5.74, 6) is 0.00325. The van der Waals surface area contributed by atoms with E-state index in [2.05, 4.69) is 10.3 Å². The lowest BCUT2D eigenvalue weighted by Gasteiger charge is -2.19. The Morgan fingerprint density at radius 3 is 2.67 bits per heavy atom. The van der Waals surface area contributed by atoms with Crippen molar-refractivity contribution in [1.29, 1.82) is 0 Å². The number of carbonyl (C=O) groups excluding carboxylic acids is 2. The molecule has 0 saturated heterocycles. The Bertz CT molecular complexity index is 1070. The number of amides is 1. The highest BCUT2D eigenvalue weighted by atomic mass is 16.6. The maximum Gasteiger partial charge on any atom is 0.377 e. The quantitative estimate of drug-likeness (QED) is 0.576. The number of aryl methyl sites for hydroxylation is 1. The molecule has 0 bridgehead atoms. The fraction of sp³-hybridized carbons (Fsp3) is 0.238. The second-order valence-electron chi connectivity index (χ2n) is 6.66. The van der Waals surface area contributed by atoms with Gasteiger partial charge in [0.25, 0.3) is 5.91 Å². The number of methoxy groups -OCH3 is 1. The van der Waals surface area contributed by atoms with Gasteiger partial charge >= 0.3 is 5.97 Å². The van der Waals surface area contributed by atoms with Crippen molar-refractivity contribution in [2.24, 2.45) is 5.10 Å². The molecule has 0 radical (unpaired) electrons. The number of hydrogen-bond acceptors (Lipinski definition) is 8. The van der Waals surface area contributed by atoms with Crippen LogP contribution >= 0.6 is 0 Å². The maximum absolute atomic E-state index is 12.8. The number of nitrogens with zero attached hydrogens (tertiary/aromatic N) is 3. The van der Waals surface area contributed by atoms with Crippen LogP contribution in [0.15, 0.2) is 62.8 Å². The van der Waals surface area contributed by atoms with E-state index in [1.54, 1.807) is 26.2 Å². The van der Waals surface area contributed by atoms with Gasteiger partial charge in [-0.05, 0) is 48.9 Å². The number of benzene rings is 1. The lowest BCUT2D eigenvalue weighted by atomic mass is 10.0. The molecule has 3 heterocycles. The third-order valence-electron chi connectivity index (χ3n) is 4.62. The van der Waals surface area contributed by atoms with Crippen molar-refractivity contribution in [3.8, 4) is 5.75 Å². The molecule has 0 saturated carbocycles. The third-order valence-corrected chi connectivity index (χ3v) is 4.62. The Kier molecular flexibility index (Phi) is 5.34. The van der Waals surface area contributed by atoms with Gasteiger partial charge in [-0.1, -0.05) is 5.16 Å². The van der Waals surface area contributed by atoms with Gasteiger partial charge in [-0.2, -0.15) is 5.10 Å². The van der Waals surface area contributed by atoms with Crippen molar-refractivity contribution in [2.45, 2.75) is 19.4 Å². The van der Waals surface area contributed by atoms with Crippen LogP contribution in [0.5, 0.6) is 5.75 Å². The summed E-state index contributed by atoms with van der Waals surface area (Å²) >= 11 is 0. The first kappa shape index (κ1) is 19.4. The van der Waals surface area contributed by atoms with Gasteiger partial charge in [0.05, 0.1) is 24.8 Å². The minimum Gasteiger partial charge on any atom is -0.497 e. The predicted octanol–water partition coefficient (Wildman–Crippen LogP) is 3.12. The summed E-state index contributed by atoms with van der Waals surface area (Å²) in [6.07, 6.45) is 2.00. The average molecular weight is 409 g/mol. The number of hydrogen-bond donors (Lipinski definition) is 0. The molecule has 0 N–H and O–H groups in total. The van der Waals surface area contributed by atoms with Gasteiger partial charge < -0.3 is 18.4 Å². The summed E-state index contributed by atoms with van der Waals surface area (Å²) in [6, 6.07) is 11.9. The summed E-state index contributed by atoms with van der Waals surface area (Å²) in [7, 11) is 1.59. The van der Waals surface area contributed by atoms with Crippen LogP contribution in [0.4, 0.5) is 0 Å². The summed E-state index contributed by atoms with van der Waals surface area (Å²) in [5.41, 5.74) is 2.11. The lowest BCUT2D eigenvalue weighted by molar-refractivity contribution is -0.136. The summed E-state index contributed by atoms with van der Waals surface area (Å²) in [6.45, 7) is 1.19. The van der Waals surface area contributed by atoms with Gasteiger partial charge in [0.1, 0.15) is 17.6 Å². The van der Waals surface area contributed by atoms with E-state index in [9.17, 15) is 9.59 Å². The Morgan fingerprint density at radius 1 is 1.23 bits per heavy atom. The van der Waals surface area contributed by atoms with Crippen molar-refractivity contribution in [2.75, 3.05) is 13.7 Å². The van der Waals surface area contributed by atoms with Crippen LogP contribution in [0, 0.1) is 6.92 Å². The molecule has 4 rings (SSSR count). The molecule has 0 aliphatic carbocycles. The first-order valence-electron chi connectivity index (χ1n) is 9.23. The van der Waals surface area contributed by atoms with Crippen molar-refractivity contribution in [3.05, 3.63) is 71.5 Å². The largest absolute Gasteiger partial charge is 0.497 e. The number of carbonyl (C=O) groups is 2. The van der Waals surface area contributed by atoms with E-state index in [4.69, 9.17) is 18.4 Å². The standard InChI is InChI=1S/C21H19N3O6/c1-13-10-19(30-23-13)21(26)29-12-20(25)24-17(18-4-3-9-28-18)11-16(22-24)14-5-7-15(27-2)8-6-14/h3-10,17H,11-12H2,1-2H3. The van der Waals surface area contributed by atoms with Gasteiger partial charge in [-0.15, -0.1) is 0 Å². The van der Waals surface area contributed by atoms with Gasteiger partial charge in [-0.25, -0.2) is 9.80 Å². The molecule has 1 aliphatic rings. The van der Waals surface area contributed by atoms with E-state index >= 15 is 0 Å². The predicted molar refractivity (Wildman–Crippen MR) is 104 cm³/mol. The number of ether oxygens (including phenoxy) is 2. The van der Waals surface area contributed by atoms with Crippen molar-refractivity contribution < 1.29 is 28.0 Å². The summed E-state index contributed by atoms with van der Waals surface area (Å²) < 4.78 is 20.6. The second-order valence-corrected chi connectivity index (χ2v) is 6.66. The van der Waals surface area contributed by atoms with E-state index in [0.717, 1.165) is 11.3 Å². The highest BCUT2D eigenvalue weighted by Gasteiger charge is 2.35. The zero-order valence-electron chi connectivity index (χ0n) is 16.4. The Morgan fingerprint density at radius 2 is 2.03 bits per heavy atom. The van der Waals surface area contributed by atoms with E-state index < -0.39 is 24.5 Å². The normalized spacial score (nSPS) is 15.7. The highest BCUT2D eigenvalue weighted by molar-refractivity contribution is 6.03. The SMILES string of the molecule is COc1ccc(C2=NN(C(=O)COC(=O)c3cc(C)no3)C(c3ccco3)C2)cc1. The molecule has 154 valence electrons. The van der Waals surface area contributed by atoms with Gasteiger partial charge in [0.15, 0.2) is 6.61 Å². The smallest absolute Gasteiger partial charge is 0.377 e. The van der Waals surface area contributed by atoms with E-state index in [1.165, 1.54) is 17.3 Å². The number of furan rings is 1. The monoisotopic (exact) mass is 409 g/mol. The van der Waals surface area contributed by atoms with Crippen LogP contribution in [0.1, 0.15) is 40.0 Å². The fourth-order valence-corrected chi connectivity index (χ4v) is 3.13. The van der Waals surface area contributed by atoms with Crippen molar-refractivity contribution in [1.82, 2.24) is 10.2 Å². The first-order chi connectivity index (χ1) is 14.5. The van der Waals surface area contributed by atoms with Crippen LogP contribution in [-0.2, 0) is 9.53 Å². The van der Waals surface area contributed by atoms with Gasteiger partial charge in [0, 0.05) is 12.5 Å². The van der Waals surface area contributed by atoms with Gasteiger partial charge in [0.2, 0.25) is 5.76 Å². The molecule has 30 heavy (non-hydrogen) atoms. The molecular weight excluding hydrogens is 390 g/mol. The van der Waals surface area contributed by atoms with Crippen molar-refractivity contribution in [3.63, 3.8) is 0 Å². The molecule has 1 aromatic carbocycles. The van der Waals surface area contributed by atoms with E-state index in [-0.39, 0.29) is 5.76 Å². The molecular formula is C21H19N3O6. The maximum atomic E-state index is 12.8. The highest BCUT2D eigenvalue weighted by Crippen LogP contribution is 2.33.